The zero-order valence-electron chi connectivity index (χ0n) is 18.6. The van der Waals surface area contributed by atoms with Crippen molar-refractivity contribution in [1.29, 1.82) is 0 Å². The Balaban J connectivity index is 1.43. The monoisotopic (exact) mass is 509 g/mol. The Morgan fingerprint density at radius 2 is 1.66 bits per heavy atom. The summed E-state index contributed by atoms with van der Waals surface area (Å²) in [5, 5.41) is 0.192. The zero-order valence-corrected chi connectivity index (χ0v) is 20.2. The second kappa shape index (κ2) is 11.1. The standard InChI is InChI=1S/C26H20ClNO6S/c1-32-20-10-6-17(7-11-20)25(30)34-22-5-3-2-4-18(22)16-23-24(29)28(26(31)35-23)14-15-33-21-12-8-19(27)9-13-21/h2-13,16H,14-15H2,1H3/b23-16-. The number of methoxy groups -OCH3 is 1. The van der Waals surface area contributed by atoms with Crippen LogP contribution < -0.4 is 14.2 Å². The van der Waals surface area contributed by atoms with Crippen molar-refractivity contribution in [1.82, 2.24) is 4.90 Å². The summed E-state index contributed by atoms with van der Waals surface area (Å²) < 4.78 is 16.2. The van der Waals surface area contributed by atoms with Crippen LogP contribution in [0.2, 0.25) is 5.02 Å². The van der Waals surface area contributed by atoms with Crippen LogP contribution in [0.1, 0.15) is 15.9 Å². The van der Waals surface area contributed by atoms with Gasteiger partial charge in [-0.2, -0.15) is 0 Å². The average molecular weight is 510 g/mol. The van der Waals surface area contributed by atoms with Crippen molar-refractivity contribution in [3.05, 3.63) is 93.9 Å². The van der Waals surface area contributed by atoms with E-state index in [9.17, 15) is 14.4 Å². The van der Waals surface area contributed by atoms with Gasteiger partial charge in [0.05, 0.1) is 24.1 Å². The lowest BCUT2D eigenvalue weighted by molar-refractivity contribution is -0.123. The maximum atomic E-state index is 12.8. The molecule has 0 spiro atoms. The van der Waals surface area contributed by atoms with Gasteiger partial charge in [-0.1, -0.05) is 29.8 Å². The molecule has 7 nitrogen and oxygen atoms in total. The van der Waals surface area contributed by atoms with Gasteiger partial charge >= 0.3 is 5.97 Å². The van der Waals surface area contributed by atoms with E-state index in [2.05, 4.69) is 0 Å². The number of halogens is 1. The number of carbonyl (C=O) groups excluding carboxylic acids is 3. The fourth-order valence-corrected chi connectivity index (χ4v) is 4.18. The number of ether oxygens (including phenoxy) is 3. The quantitative estimate of drug-likeness (QED) is 0.219. The van der Waals surface area contributed by atoms with Gasteiger partial charge in [0, 0.05) is 10.6 Å². The largest absolute Gasteiger partial charge is 0.497 e. The number of benzene rings is 3. The zero-order chi connectivity index (χ0) is 24.8. The van der Waals surface area contributed by atoms with E-state index < -0.39 is 17.1 Å². The Hall–Kier alpha value is -3.75. The van der Waals surface area contributed by atoms with Gasteiger partial charge < -0.3 is 14.2 Å². The molecule has 35 heavy (non-hydrogen) atoms. The predicted molar refractivity (Wildman–Crippen MR) is 134 cm³/mol. The molecule has 0 N–H and O–H groups in total. The normalized spacial score (nSPS) is 14.3. The molecule has 4 rings (SSSR count). The van der Waals surface area contributed by atoms with Crippen LogP contribution >= 0.6 is 23.4 Å². The summed E-state index contributed by atoms with van der Waals surface area (Å²) in [7, 11) is 1.54. The molecule has 0 bridgehead atoms. The highest BCUT2D eigenvalue weighted by molar-refractivity contribution is 8.18. The summed E-state index contributed by atoms with van der Waals surface area (Å²) in [4.78, 5) is 39.2. The molecular formula is C26H20ClNO6S. The third-order valence-corrected chi connectivity index (χ3v) is 6.16. The van der Waals surface area contributed by atoms with Gasteiger partial charge in [-0.05, 0) is 72.4 Å². The second-order valence-corrected chi connectivity index (χ2v) is 8.72. The van der Waals surface area contributed by atoms with E-state index in [-0.39, 0.29) is 23.8 Å². The van der Waals surface area contributed by atoms with Gasteiger partial charge in [0.25, 0.3) is 11.1 Å². The molecule has 0 unspecified atom stereocenters. The van der Waals surface area contributed by atoms with Crippen LogP contribution in [0.25, 0.3) is 6.08 Å². The number of esters is 1. The number of imide groups is 1. The molecule has 1 saturated heterocycles. The van der Waals surface area contributed by atoms with Crippen molar-refractivity contribution in [2.45, 2.75) is 0 Å². The van der Waals surface area contributed by atoms with Crippen LogP contribution in [0.5, 0.6) is 17.2 Å². The smallest absolute Gasteiger partial charge is 0.343 e. The third-order valence-electron chi connectivity index (χ3n) is 5.00. The highest BCUT2D eigenvalue weighted by Crippen LogP contribution is 2.34. The average Bonchev–Trinajstić information content (AvgIpc) is 3.13. The Kier molecular flexibility index (Phi) is 7.74. The van der Waals surface area contributed by atoms with Crippen molar-refractivity contribution in [2.24, 2.45) is 0 Å². The number of para-hydroxylation sites is 1. The van der Waals surface area contributed by atoms with E-state index in [1.807, 2.05) is 0 Å². The summed E-state index contributed by atoms with van der Waals surface area (Å²) in [6, 6.07) is 20.1. The fourth-order valence-electron chi connectivity index (χ4n) is 3.20. The van der Waals surface area contributed by atoms with Crippen molar-refractivity contribution < 1.29 is 28.6 Å². The van der Waals surface area contributed by atoms with Gasteiger partial charge in [-0.3, -0.25) is 14.5 Å². The van der Waals surface area contributed by atoms with E-state index in [1.165, 1.54) is 7.11 Å². The summed E-state index contributed by atoms with van der Waals surface area (Å²) in [5.74, 6) is 0.490. The Morgan fingerprint density at radius 1 is 0.971 bits per heavy atom. The van der Waals surface area contributed by atoms with Gasteiger partial charge in [0.1, 0.15) is 23.9 Å². The molecule has 0 saturated carbocycles. The van der Waals surface area contributed by atoms with E-state index in [0.717, 1.165) is 16.7 Å². The minimum absolute atomic E-state index is 0.0960. The molecule has 1 aliphatic rings. The van der Waals surface area contributed by atoms with E-state index in [4.69, 9.17) is 25.8 Å². The first kappa shape index (κ1) is 24.4. The topological polar surface area (TPSA) is 82.1 Å². The molecular weight excluding hydrogens is 490 g/mol. The lowest BCUT2D eigenvalue weighted by Crippen LogP contribution is -2.32. The molecule has 0 atom stereocenters. The van der Waals surface area contributed by atoms with Gasteiger partial charge in [0.15, 0.2) is 0 Å². The SMILES string of the molecule is COc1ccc(C(=O)Oc2ccccc2/C=C2\SC(=O)N(CCOc3ccc(Cl)cc3)C2=O)cc1. The van der Waals surface area contributed by atoms with Crippen molar-refractivity contribution in [3.8, 4) is 17.2 Å². The predicted octanol–water partition coefficient (Wildman–Crippen LogP) is 5.68. The van der Waals surface area contributed by atoms with Crippen LogP contribution in [-0.2, 0) is 4.79 Å². The highest BCUT2D eigenvalue weighted by atomic mass is 35.5. The van der Waals surface area contributed by atoms with E-state index in [0.29, 0.717) is 27.6 Å². The lowest BCUT2D eigenvalue weighted by Gasteiger charge is -2.13. The first-order chi connectivity index (χ1) is 16.9. The van der Waals surface area contributed by atoms with Crippen LogP contribution in [0.4, 0.5) is 4.79 Å². The first-order valence-electron chi connectivity index (χ1n) is 10.5. The number of carbonyl (C=O) groups is 3. The Labute approximate surface area is 211 Å². The molecule has 0 aliphatic carbocycles. The van der Waals surface area contributed by atoms with Crippen LogP contribution in [-0.4, -0.2) is 42.3 Å². The molecule has 1 aliphatic heterocycles. The maximum absolute atomic E-state index is 12.8. The number of thioether (sulfide) groups is 1. The second-order valence-electron chi connectivity index (χ2n) is 7.29. The minimum Gasteiger partial charge on any atom is -0.497 e. The van der Waals surface area contributed by atoms with Gasteiger partial charge in [0.2, 0.25) is 0 Å². The van der Waals surface area contributed by atoms with Crippen molar-refractivity contribution in [3.63, 3.8) is 0 Å². The molecule has 1 heterocycles. The number of rotatable bonds is 8. The summed E-state index contributed by atoms with van der Waals surface area (Å²) in [6.07, 6.45) is 1.54. The lowest BCUT2D eigenvalue weighted by atomic mass is 10.1. The summed E-state index contributed by atoms with van der Waals surface area (Å²) in [5.41, 5.74) is 0.846. The maximum Gasteiger partial charge on any atom is 0.343 e. The van der Waals surface area contributed by atoms with Crippen molar-refractivity contribution in [2.75, 3.05) is 20.3 Å². The molecule has 3 aromatic carbocycles. The summed E-state index contributed by atoms with van der Waals surface area (Å²) in [6.45, 7) is 0.238. The van der Waals surface area contributed by atoms with Crippen LogP contribution in [0.15, 0.2) is 77.7 Å². The highest BCUT2D eigenvalue weighted by Gasteiger charge is 2.35. The number of hydrogen-bond acceptors (Lipinski definition) is 7. The van der Waals surface area contributed by atoms with Gasteiger partial charge in [-0.25, -0.2) is 4.79 Å². The Bertz CT molecular complexity index is 1270. The number of nitrogens with zero attached hydrogens (tertiary/aromatic N) is 1. The number of hydrogen-bond donors (Lipinski definition) is 0. The molecule has 1 fully saturated rings. The molecule has 178 valence electrons. The van der Waals surface area contributed by atoms with E-state index >= 15 is 0 Å². The van der Waals surface area contributed by atoms with Crippen molar-refractivity contribution >= 4 is 46.6 Å². The first-order valence-corrected chi connectivity index (χ1v) is 11.7. The minimum atomic E-state index is -0.555. The Morgan fingerprint density at radius 3 is 2.37 bits per heavy atom. The third kappa shape index (κ3) is 6.03. The molecule has 2 amide bonds. The van der Waals surface area contributed by atoms with E-state index in [1.54, 1.807) is 78.9 Å². The van der Waals surface area contributed by atoms with Gasteiger partial charge in [-0.15, -0.1) is 0 Å². The molecule has 9 heteroatoms. The molecule has 0 aromatic heterocycles. The fraction of sp³-hybridized carbons (Fsp3) is 0.115. The number of amides is 2. The van der Waals surface area contributed by atoms with Crippen LogP contribution in [0.3, 0.4) is 0 Å². The summed E-state index contributed by atoms with van der Waals surface area (Å²) >= 11 is 6.68. The molecule has 0 radical (unpaired) electrons. The molecule has 3 aromatic rings. The van der Waals surface area contributed by atoms with Crippen LogP contribution in [0, 0.1) is 0 Å².